The van der Waals surface area contributed by atoms with Crippen molar-refractivity contribution >= 4 is 45.2 Å². The van der Waals surface area contributed by atoms with Gasteiger partial charge in [0.25, 0.3) is 10.1 Å². The normalized spacial score (nSPS) is 22.6. The Morgan fingerprint density at radius 3 is 2.56 bits per heavy atom. The summed E-state index contributed by atoms with van der Waals surface area (Å²) in [5.41, 5.74) is 5.46. The van der Waals surface area contributed by atoms with Crippen LogP contribution in [0.1, 0.15) is 84.3 Å². The van der Waals surface area contributed by atoms with Gasteiger partial charge in [-0.05, 0) is 88.8 Å². The molecule has 0 aliphatic carbocycles. The summed E-state index contributed by atoms with van der Waals surface area (Å²) in [6.07, 6.45) is 15.5. The fraction of sp³-hybridized carbons (Fsp3) is 0.500. The minimum atomic E-state index is -4.39. The number of carbonyl (C=O) groups is 1. The molecule has 12 nitrogen and oxygen atoms in total. The summed E-state index contributed by atoms with van der Waals surface area (Å²) in [6.45, 7) is 13.9. The monoisotopic (exact) mass is 782 g/mol. The summed E-state index contributed by atoms with van der Waals surface area (Å²) in [4.78, 5) is 17.3. The second-order valence-corrected chi connectivity index (χ2v) is 17.3. The van der Waals surface area contributed by atoms with Gasteiger partial charge in [-0.3, -0.25) is 9.35 Å². The first-order valence-electron chi connectivity index (χ1n) is 18.7. The largest absolute Gasteiger partial charge is 0.353 e. The van der Waals surface area contributed by atoms with Crippen molar-refractivity contribution in [1.82, 2.24) is 4.90 Å². The molecule has 0 spiro atoms. The van der Waals surface area contributed by atoms with E-state index in [2.05, 4.69) is 71.7 Å². The van der Waals surface area contributed by atoms with Crippen molar-refractivity contribution in [3.8, 4) is 0 Å². The van der Waals surface area contributed by atoms with Gasteiger partial charge in [-0.1, -0.05) is 43.2 Å². The lowest BCUT2D eigenvalue weighted by molar-refractivity contribution is -0.438. The number of benzene rings is 2. The van der Waals surface area contributed by atoms with Crippen LogP contribution in [-0.2, 0) is 44.6 Å². The Morgan fingerprint density at radius 2 is 1.83 bits per heavy atom. The van der Waals surface area contributed by atoms with E-state index >= 15 is 0 Å². The summed E-state index contributed by atoms with van der Waals surface area (Å²) in [5.74, 6) is 0.156. The third-order valence-corrected chi connectivity index (χ3v) is 12.4. The summed E-state index contributed by atoms with van der Waals surface area (Å²) in [6, 6.07) is 10.8. The van der Waals surface area contributed by atoms with Crippen molar-refractivity contribution < 1.29 is 46.4 Å². The highest BCUT2D eigenvalue weighted by atomic mass is 32.2. The number of hydrogen-bond donors (Lipinski definition) is 2. The molecule has 54 heavy (non-hydrogen) atoms. The van der Waals surface area contributed by atoms with Gasteiger partial charge in [-0.25, -0.2) is 5.26 Å². The number of anilines is 1. The molecule has 14 heteroatoms. The fourth-order valence-electron chi connectivity index (χ4n) is 8.08. The molecular weight excluding hydrogens is 731 g/mol. The minimum absolute atomic E-state index is 0.0889. The van der Waals surface area contributed by atoms with E-state index in [1.54, 1.807) is 12.1 Å². The molecule has 2 aromatic rings. The topological polar surface area (TPSA) is 138 Å². The van der Waals surface area contributed by atoms with Crippen LogP contribution in [0.15, 0.2) is 82.3 Å². The zero-order valence-electron chi connectivity index (χ0n) is 31.7. The SMILES string of the molecule is CCN1\C(=C/C=C/C=C/C2=[N+](CCCCC3C(=O)N3CCOC3CCCCO3)c3cc(S(=O)(=O)O)ccc3C2(C)C)C(C)(C)c2ccc(SOOO)cc21. The number of amides is 1. The van der Waals surface area contributed by atoms with E-state index < -0.39 is 15.5 Å². The Labute approximate surface area is 322 Å². The van der Waals surface area contributed by atoms with E-state index in [1.165, 1.54) is 11.6 Å². The maximum Gasteiger partial charge on any atom is 0.294 e. The van der Waals surface area contributed by atoms with Crippen LogP contribution in [0.4, 0.5) is 11.4 Å². The van der Waals surface area contributed by atoms with Crippen molar-refractivity contribution in [2.24, 2.45) is 0 Å². The molecule has 0 bridgehead atoms. The van der Waals surface area contributed by atoms with Crippen LogP contribution in [0.3, 0.4) is 0 Å². The average molecular weight is 783 g/mol. The number of nitrogens with zero attached hydrogens (tertiary/aromatic N) is 3. The standard InChI is InChI=1S/C40H51N3O9S2/c1-6-41-33-26-28(53-52-51-45)18-20-30(33)39(2,3)35(41)15-8-7-9-16-36-40(4,5)31-21-19-29(54(46,47)48)27-34(31)42(36)22-12-10-14-32-38(44)43(32)23-25-50-37-17-11-13-24-49-37/h7-9,15-16,18-21,26-27,32,37H,6,10-14,17,22-25H2,1-5H3,(H-,45,46,47,48)/p+1. The number of unbranched alkanes of at least 4 members (excludes halogenated alkanes) is 1. The van der Waals surface area contributed by atoms with Crippen LogP contribution in [0.5, 0.6) is 0 Å². The van der Waals surface area contributed by atoms with Gasteiger partial charge >= 0.3 is 0 Å². The van der Waals surface area contributed by atoms with E-state index in [0.717, 1.165) is 97.0 Å². The van der Waals surface area contributed by atoms with Gasteiger partial charge in [0.05, 0.1) is 24.1 Å². The Balaban J connectivity index is 1.16. The second-order valence-electron chi connectivity index (χ2n) is 15.1. The number of allylic oxidation sites excluding steroid dienone is 6. The third kappa shape index (κ3) is 8.56. The molecule has 0 aromatic heterocycles. The van der Waals surface area contributed by atoms with Crippen LogP contribution in [-0.4, -0.2) is 84.5 Å². The van der Waals surface area contributed by atoms with Gasteiger partial charge in [0.15, 0.2) is 12.0 Å². The number of hydrogen-bond acceptors (Lipinski definition) is 10. The van der Waals surface area contributed by atoms with Crippen molar-refractivity contribution in [3.05, 3.63) is 83.6 Å². The number of likely N-dealkylation sites (N-methyl/N-ethyl adjacent to an activating group) is 1. The molecule has 2 atom stereocenters. The lowest BCUT2D eigenvalue weighted by Crippen LogP contribution is -2.28. The van der Waals surface area contributed by atoms with E-state index in [9.17, 15) is 17.8 Å². The molecule has 292 valence electrons. The highest BCUT2D eigenvalue weighted by molar-refractivity contribution is 7.94. The molecule has 0 radical (unpaired) electrons. The smallest absolute Gasteiger partial charge is 0.294 e. The van der Waals surface area contributed by atoms with E-state index in [1.807, 2.05) is 35.3 Å². The maximum absolute atomic E-state index is 12.5. The molecule has 6 rings (SSSR count). The van der Waals surface area contributed by atoms with Crippen molar-refractivity contribution in [3.63, 3.8) is 0 Å². The van der Waals surface area contributed by atoms with E-state index in [0.29, 0.717) is 19.7 Å². The third-order valence-electron chi connectivity index (χ3n) is 11.0. The molecular formula is C40H52N3O9S2+. The number of carbonyl (C=O) groups excluding carboxylic acids is 1. The van der Waals surface area contributed by atoms with E-state index in [4.69, 9.17) is 14.7 Å². The van der Waals surface area contributed by atoms with Crippen LogP contribution in [0.2, 0.25) is 0 Å². The summed E-state index contributed by atoms with van der Waals surface area (Å²) < 4.78 is 52.4. The molecule has 2 fully saturated rings. The van der Waals surface area contributed by atoms with Crippen LogP contribution >= 0.6 is 12.0 Å². The number of ether oxygens (including phenoxy) is 2. The molecule has 4 aliphatic rings. The average Bonchev–Trinajstić information content (AvgIpc) is 3.62. The first-order valence-corrected chi connectivity index (χ1v) is 20.9. The number of rotatable bonds is 17. The van der Waals surface area contributed by atoms with Crippen molar-refractivity contribution in [2.45, 2.75) is 106 Å². The highest BCUT2D eigenvalue weighted by Gasteiger charge is 2.46. The summed E-state index contributed by atoms with van der Waals surface area (Å²) >= 11 is 0.938. The minimum Gasteiger partial charge on any atom is -0.353 e. The fourth-order valence-corrected chi connectivity index (χ4v) is 8.97. The van der Waals surface area contributed by atoms with Crippen LogP contribution in [0, 0.1) is 0 Å². The van der Waals surface area contributed by atoms with Gasteiger partial charge in [-0.2, -0.15) is 13.0 Å². The van der Waals surface area contributed by atoms with Crippen LogP contribution in [0.25, 0.3) is 0 Å². The highest BCUT2D eigenvalue weighted by Crippen LogP contribution is 2.49. The lowest BCUT2D eigenvalue weighted by atomic mass is 9.81. The predicted octanol–water partition coefficient (Wildman–Crippen LogP) is 7.48. The van der Waals surface area contributed by atoms with Crippen molar-refractivity contribution in [1.29, 1.82) is 0 Å². The van der Waals surface area contributed by atoms with Gasteiger partial charge in [-0.15, -0.1) is 4.33 Å². The Morgan fingerprint density at radius 1 is 1.04 bits per heavy atom. The molecule has 4 aliphatic heterocycles. The van der Waals surface area contributed by atoms with Crippen LogP contribution < -0.4 is 4.90 Å². The maximum atomic E-state index is 12.5. The second kappa shape index (κ2) is 16.8. The van der Waals surface area contributed by atoms with Crippen molar-refractivity contribution in [2.75, 3.05) is 37.7 Å². The summed E-state index contributed by atoms with van der Waals surface area (Å²) in [7, 11) is -4.39. The Kier molecular flexibility index (Phi) is 12.5. The molecule has 2 N–H and O–H groups in total. The molecule has 4 heterocycles. The molecule has 0 saturated carbocycles. The van der Waals surface area contributed by atoms with Gasteiger partial charge < -0.3 is 19.3 Å². The van der Waals surface area contributed by atoms with Gasteiger partial charge in [0.2, 0.25) is 11.6 Å². The Bertz CT molecular complexity index is 1950. The quantitative estimate of drug-likeness (QED) is 0.0242. The molecule has 2 unspecified atom stereocenters. The predicted molar refractivity (Wildman–Crippen MR) is 207 cm³/mol. The molecule has 2 saturated heterocycles. The van der Waals surface area contributed by atoms with Gasteiger partial charge in [0.1, 0.15) is 17.5 Å². The zero-order valence-corrected chi connectivity index (χ0v) is 33.3. The molecule has 1 amide bonds. The first-order chi connectivity index (χ1) is 25.8. The zero-order chi connectivity index (χ0) is 38.7. The lowest BCUT2D eigenvalue weighted by Gasteiger charge is -2.25. The van der Waals surface area contributed by atoms with Gasteiger partial charge in [0, 0.05) is 65.5 Å². The first kappa shape index (κ1) is 40.3. The Hall–Kier alpha value is -3.34. The summed E-state index contributed by atoms with van der Waals surface area (Å²) in [5, 5.41) is 12.4. The van der Waals surface area contributed by atoms with E-state index in [-0.39, 0.29) is 28.5 Å². The molecule has 2 aromatic carbocycles. The number of fused-ring (bicyclic) bond motifs is 2.